The SMILES string of the molecule is CC(C)(C)NCCCCc1cc2c(cc1Br)OCCO2. The van der Waals surface area contributed by atoms with Gasteiger partial charge in [-0.05, 0) is 64.3 Å². The van der Waals surface area contributed by atoms with Gasteiger partial charge in [-0.3, -0.25) is 0 Å². The maximum absolute atomic E-state index is 5.63. The number of rotatable bonds is 5. The van der Waals surface area contributed by atoms with Crippen LogP contribution < -0.4 is 14.8 Å². The molecule has 0 spiro atoms. The zero-order chi connectivity index (χ0) is 14.6. The Morgan fingerprint density at radius 1 is 1.10 bits per heavy atom. The maximum atomic E-state index is 5.63. The van der Waals surface area contributed by atoms with Gasteiger partial charge in [0.05, 0.1) is 0 Å². The number of aryl methyl sites for hydroxylation is 1. The molecule has 0 saturated heterocycles. The first-order valence-corrected chi connectivity index (χ1v) is 8.08. The van der Waals surface area contributed by atoms with E-state index >= 15 is 0 Å². The summed E-state index contributed by atoms with van der Waals surface area (Å²) < 4.78 is 12.3. The third-order valence-corrected chi connectivity index (χ3v) is 3.98. The molecule has 3 nitrogen and oxygen atoms in total. The predicted octanol–water partition coefficient (Wildman–Crippen LogP) is 3.93. The number of halogens is 1. The molecule has 0 fully saturated rings. The molecule has 0 aliphatic carbocycles. The standard InChI is InChI=1S/C16H24BrNO2/c1-16(2,3)18-7-5-4-6-12-10-14-15(11-13(12)17)20-9-8-19-14/h10-11,18H,4-9H2,1-3H3. The summed E-state index contributed by atoms with van der Waals surface area (Å²) in [5, 5.41) is 3.52. The van der Waals surface area contributed by atoms with Crippen molar-refractivity contribution < 1.29 is 9.47 Å². The molecule has 0 aromatic heterocycles. The third kappa shape index (κ3) is 4.67. The smallest absolute Gasteiger partial charge is 0.162 e. The van der Waals surface area contributed by atoms with Crippen molar-refractivity contribution in [2.24, 2.45) is 0 Å². The Balaban J connectivity index is 1.84. The van der Waals surface area contributed by atoms with E-state index in [2.05, 4.69) is 48.1 Å². The molecule has 2 rings (SSSR count). The first-order chi connectivity index (χ1) is 9.46. The highest BCUT2D eigenvalue weighted by Crippen LogP contribution is 2.36. The van der Waals surface area contributed by atoms with Crippen LogP contribution in [0.3, 0.4) is 0 Å². The average Bonchev–Trinajstić information content (AvgIpc) is 2.37. The lowest BCUT2D eigenvalue weighted by molar-refractivity contribution is 0.171. The zero-order valence-corrected chi connectivity index (χ0v) is 14.2. The Morgan fingerprint density at radius 3 is 2.40 bits per heavy atom. The van der Waals surface area contributed by atoms with Gasteiger partial charge in [0.15, 0.2) is 11.5 Å². The Bertz CT molecular complexity index is 455. The molecule has 4 heteroatoms. The summed E-state index contributed by atoms with van der Waals surface area (Å²) in [7, 11) is 0. The molecular formula is C16H24BrNO2. The minimum absolute atomic E-state index is 0.206. The fourth-order valence-corrected chi connectivity index (χ4v) is 2.72. The number of fused-ring (bicyclic) bond motifs is 1. The Labute approximate surface area is 130 Å². The number of hydrogen-bond donors (Lipinski definition) is 1. The second-order valence-electron chi connectivity index (χ2n) is 6.22. The van der Waals surface area contributed by atoms with E-state index in [1.165, 1.54) is 18.4 Å². The van der Waals surface area contributed by atoms with Crippen molar-refractivity contribution in [1.29, 1.82) is 0 Å². The molecule has 1 aliphatic heterocycles. The molecule has 1 aliphatic rings. The van der Waals surface area contributed by atoms with Gasteiger partial charge in [-0.2, -0.15) is 0 Å². The molecule has 0 atom stereocenters. The molecule has 20 heavy (non-hydrogen) atoms. The molecule has 1 aromatic carbocycles. The topological polar surface area (TPSA) is 30.5 Å². The van der Waals surface area contributed by atoms with Crippen LogP contribution in [0.15, 0.2) is 16.6 Å². The zero-order valence-electron chi connectivity index (χ0n) is 12.6. The fraction of sp³-hybridized carbons (Fsp3) is 0.625. The molecule has 1 aromatic rings. The molecular weight excluding hydrogens is 318 g/mol. The van der Waals surface area contributed by atoms with Gasteiger partial charge in [0, 0.05) is 10.0 Å². The van der Waals surface area contributed by atoms with Gasteiger partial charge < -0.3 is 14.8 Å². The highest BCUT2D eigenvalue weighted by molar-refractivity contribution is 9.10. The van der Waals surface area contributed by atoms with E-state index in [0.717, 1.165) is 28.9 Å². The van der Waals surface area contributed by atoms with Crippen LogP contribution in [0.2, 0.25) is 0 Å². The lowest BCUT2D eigenvalue weighted by atomic mass is 10.1. The van der Waals surface area contributed by atoms with Crippen LogP contribution >= 0.6 is 15.9 Å². The quantitative estimate of drug-likeness (QED) is 0.823. The summed E-state index contributed by atoms with van der Waals surface area (Å²) in [6, 6.07) is 4.13. The summed E-state index contributed by atoms with van der Waals surface area (Å²) in [5.41, 5.74) is 1.50. The summed E-state index contributed by atoms with van der Waals surface area (Å²) in [6.07, 6.45) is 3.41. The summed E-state index contributed by atoms with van der Waals surface area (Å²) in [4.78, 5) is 0. The van der Waals surface area contributed by atoms with Crippen LogP contribution in [0.5, 0.6) is 11.5 Å². The van der Waals surface area contributed by atoms with E-state index in [9.17, 15) is 0 Å². The van der Waals surface area contributed by atoms with Crippen molar-refractivity contribution in [3.8, 4) is 11.5 Å². The molecule has 1 heterocycles. The van der Waals surface area contributed by atoms with E-state index in [0.29, 0.717) is 13.2 Å². The highest BCUT2D eigenvalue weighted by atomic mass is 79.9. The number of benzene rings is 1. The van der Waals surface area contributed by atoms with Crippen molar-refractivity contribution in [1.82, 2.24) is 5.32 Å². The van der Waals surface area contributed by atoms with Gasteiger partial charge in [-0.15, -0.1) is 0 Å². The third-order valence-electron chi connectivity index (χ3n) is 3.24. The summed E-state index contributed by atoms with van der Waals surface area (Å²) >= 11 is 3.63. The monoisotopic (exact) mass is 341 g/mol. The van der Waals surface area contributed by atoms with Crippen LogP contribution in [0.25, 0.3) is 0 Å². The fourth-order valence-electron chi connectivity index (χ4n) is 2.20. The Kier molecular flexibility index (Phi) is 5.33. The molecule has 0 bridgehead atoms. The molecule has 0 saturated carbocycles. The van der Waals surface area contributed by atoms with Gasteiger partial charge in [-0.1, -0.05) is 15.9 Å². The van der Waals surface area contributed by atoms with Crippen LogP contribution in [0.1, 0.15) is 39.2 Å². The second-order valence-corrected chi connectivity index (χ2v) is 7.08. The van der Waals surface area contributed by atoms with E-state index < -0.39 is 0 Å². The van der Waals surface area contributed by atoms with E-state index in [1.807, 2.05) is 6.07 Å². The van der Waals surface area contributed by atoms with Crippen LogP contribution in [0, 0.1) is 0 Å². The van der Waals surface area contributed by atoms with Crippen LogP contribution in [-0.2, 0) is 6.42 Å². The number of nitrogens with one attached hydrogen (secondary N) is 1. The Hall–Kier alpha value is -0.740. The minimum atomic E-state index is 0.206. The van der Waals surface area contributed by atoms with Crippen molar-refractivity contribution in [2.75, 3.05) is 19.8 Å². The summed E-state index contributed by atoms with van der Waals surface area (Å²) in [5.74, 6) is 1.73. The van der Waals surface area contributed by atoms with Crippen molar-refractivity contribution >= 4 is 15.9 Å². The van der Waals surface area contributed by atoms with Gasteiger partial charge in [0.2, 0.25) is 0 Å². The largest absolute Gasteiger partial charge is 0.486 e. The summed E-state index contributed by atoms with van der Waals surface area (Å²) in [6.45, 7) is 8.94. The molecule has 112 valence electrons. The van der Waals surface area contributed by atoms with Crippen molar-refractivity contribution in [3.05, 3.63) is 22.2 Å². The predicted molar refractivity (Wildman–Crippen MR) is 85.8 cm³/mol. The first-order valence-electron chi connectivity index (χ1n) is 7.29. The number of ether oxygens (including phenoxy) is 2. The molecule has 0 amide bonds. The van der Waals surface area contributed by atoms with Gasteiger partial charge in [-0.25, -0.2) is 0 Å². The van der Waals surface area contributed by atoms with E-state index in [1.54, 1.807) is 0 Å². The van der Waals surface area contributed by atoms with E-state index in [4.69, 9.17) is 9.47 Å². The molecule has 1 N–H and O–H groups in total. The van der Waals surface area contributed by atoms with Gasteiger partial charge in [0.1, 0.15) is 13.2 Å². The van der Waals surface area contributed by atoms with Gasteiger partial charge >= 0.3 is 0 Å². The Morgan fingerprint density at radius 2 is 1.75 bits per heavy atom. The lowest BCUT2D eigenvalue weighted by Gasteiger charge is -2.21. The minimum Gasteiger partial charge on any atom is -0.486 e. The van der Waals surface area contributed by atoms with Gasteiger partial charge in [0.25, 0.3) is 0 Å². The normalized spacial score (nSPS) is 14.4. The maximum Gasteiger partial charge on any atom is 0.162 e. The highest BCUT2D eigenvalue weighted by Gasteiger charge is 2.14. The average molecular weight is 342 g/mol. The second kappa shape index (κ2) is 6.81. The first kappa shape index (κ1) is 15.6. The number of unbranched alkanes of at least 4 members (excludes halogenated alkanes) is 1. The lowest BCUT2D eigenvalue weighted by Crippen LogP contribution is -2.36. The van der Waals surface area contributed by atoms with Crippen molar-refractivity contribution in [2.45, 2.75) is 45.6 Å². The molecule has 0 radical (unpaired) electrons. The van der Waals surface area contributed by atoms with Crippen molar-refractivity contribution in [3.63, 3.8) is 0 Å². The number of hydrogen-bond acceptors (Lipinski definition) is 3. The van der Waals surface area contributed by atoms with E-state index in [-0.39, 0.29) is 5.54 Å². The van der Waals surface area contributed by atoms with Crippen LogP contribution in [0.4, 0.5) is 0 Å². The molecule has 0 unspecified atom stereocenters. The van der Waals surface area contributed by atoms with Crippen LogP contribution in [-0.4, -0.2) is 25.3 Å².